The molecule has 2 bridgehead atoms. The number of Topliss-reactive ketones (excluding diaryl/α,β-unsaturated/α-hetero) is 1. The highest BCUT2D eigenvalue weighted by Gasteiger charge is 2.76. The number of dihydropyridines is 1. The zero-order valence-electron chi connectivity index (χ0n) is 34.8. The molecule has 6 aliphatic carbocycles. The molecule has 5 fully saturated rings. The van der Waals surface area contributed by atoms with E-state index in [4.69, 9.17) is 10.5 Å². The molecule has 1 spiro atoms. The lowest BCUT2D eigenvalue weighted by Crippen LogP contribution is -2.71. The Morgan fingerprint density at radius 2 is 1.86 bits per heavy atom. The predicted molar refractivity (Wildman–Crippen MR) is 217 cm³/mol. The standard InChI is InChI=1S/C46H71N3O8/c1-6-7-8-9-10-28-23-57-41(25(28)3)42(54)44(5,55)33-17-18-46(56)37-35-26(19-43(33,46)4)11-13-29(27-12-16-34(47)48-22-27)31-15-14-30-36(40(53)38(37)49-21-24(2)50)45(31,35)20-32(51)39(30)52/h11-13,16,22,24-26,28-36,39,41-42,48-52,54-56H,6-10,14-15,17-21,23,47H2,1-5H3/t24-,25-,26+,28+,29+,30+,31+,32-,33-,34?,35-,36-,39+,41+,42+,43+,44+,45-,46+/m0/s1. The van der Waals surface area contributed by atoms with Crippen molar-refractivity contribution < 1.29 is 40.2 Å². The Bertz CT molecular complexity index is 1680. The summed E-state index contributed by atoms with van der Waals surface area (Å²) in [4.78, 5) is 15.5. The van der Waals surface area contributed by atoms with Gasteiger partial charge in [-0.2, -0.15) is 0 Å². The number of carbonyl (C=O) groups is 1. The van der Waals surface area contributed by atoms with E-state index in [9.17, 15) is 30.6 Å². The Kier molecular flexibility index (Phi) is 11.0. The van der Waals surface area contributed by atoms with Crippen LogP contribution in [0.4, 0.5) is 0 Å². The molecule has 0 amide bonds. The van der Waals surface area contributed by atoms with Crippen LogP contribution in [0.3, 0.4) is 0 Å². The Morgan fingerprint density at radius 1 is 1.09 bits per heavy atom. The van der Waals surface area contributed by atoms with E-state index in [0.29, 0.717) is 43.1 Å². The molecule has 2 aliphatic heterocycles. The number of ether oxygens (including phenoxy) is 1. The minimum Gasteiger partial charge on any atom is -0.392 e. The fraction of sp³-hybridized carbons (Fsp3) is 0.804. The van der Waals surface area contributed by atoms with Gasteiger partial charge in [-0.1, -0.05) is 64.7 Å². The van der Waals surface area contributed by atoms with Crippen molar-refractivity contribution in [2.45, 2.75) is 153 Å². The van der Waals surface area contributed by atoms with Gasteiger partial charge < -0.3 is 51.7 Å². The summed E-state index contributed by atoms with van der Waals surface area (Å²) in [5.41, 5.74) is 3.25. The van der Waals surface area contributed by atoms with Crippen molar-refractivity contribution in [1.82, 2.24) is 10.6 Å². The van der Waals surface area contributed by atoms with Gasteiger partial charge in [-0.25, -0.2) is 0 Å². The van der Waals surface area contributed by atoms with Crippen molar-refractivity contribution in [3.63, 3.8) is 0 Å². The van der Waals surface area contributed by atoms with Gasteiger partial charge in [0.05, 0.1) is 54.1 Å². The van der Waals surface area contributed by atoms with Gasteiger partial charge in [0.25, 0.3) is 0 Å². The molecule has 0 aromatic heterocycles. The predicted octanol–water partition coefficient (Wildman–Crippen LogP) is 3.58. The summed E-state index contributed by atoms with van der Waals surface area (Å²) in [6.45, 7) is 10.4. The number of nitrogens with one attached hydrogen (secondary N) is 2. The molecule has 1 saturated heterocycles. The number of aliphatic hydroxyl groups excluding tert-OH is 4. The summed E-state index contributed by atoms with van der Waals surface area (Å²) in [7, 11) is 0. The van der Waals surface area contributed by atoms with E-state index in [1.54, 1.807) is 13.8 Å². The van der Waals surface area contributed by atoms with E-state index in [1.165, 1.54) is 19.3 Å². The number of aliphatic hydroxyl groups is 6. The van der Waals surface area contributed by atoms with Crippen molar-refractivity contribution >= 4 is 5.78 Å². The fourth-order valence-electron chi connectivity index (χ4n) is 14.7. The largest absolute Gasteiger partial charge is 0.392 e. The van der Waals surface area contributed by atoms with Crippen LogP contribution in [0.2, 0.25) is 0 Å². The summed E-state index contributed by atoms with van der Waals surface area (Å²) < 4.78 is 6.33. The first-order valence-electron chi connectivity index (χ1n) is 22.4. The van der Waals surface area contributed by atoms with Crippen LogP contribution in [-0.2, 0) is 9.53 Å². The summed E-state index contributed by atoms with van der Waals surface area (Å²) in [6, 6.07) is 0. The van der Waals surface area contributed by atoms with Gasteiger partial charge in [0.1, 0.15) is 6.10 Å². The molecule has 0 aromatic rings. The molecule has 8 rings (SSSR count). The van der Waals surface area contributed by atoms with Crippen molar-refractivity contribution in [2.24, 2.45) is 69.8 Å². The van der Waals surface area contributed by atoms with E-state index in [-0.39, 0.29) is 60.9 Å². The second kappa shape index (κ2) is 15.1. The van der Waals surface area contributed by atoms with Crippen LogP contribution >= 0.6 is 0 Å². The maximum atomic E-state index is 15.5. The molecule has 57 heavy (non-hydrogen) atoms. The summed E-state index contributed by atoms with van der Waals surface area (Å²) >= 11 is 0. The first kappa shape index (κ1) is 41.6. The molecule has 11 heteroatoms. The summed E-state index contributed by atoms with van der Waals surface area (Å²) in [5, 5.41) is 79.2. The third-order valence-electron chi connectivity index (χ3n) is 17.3. The lowest BCUT2D eigenvalue weighted by atomic mass is 9.36. The second-order valence-corrected chi connectivity index (χ2v) is 20.3. The number of carbonyl (C=O) groups excluding carboxylic acids is 1. The average molecular weight is 794 g/mol. The van der Waals surface area contributed by atoms with Crippen LogP contribution < -0.4 is 16.4 Å². The number of ketones is 1. The molecule has 4 saturated carbocycles. The maximum absolute atomic E-state index is 15.5. The lowest BCUT2D eigenvalue weighted by molar-refractivity contribution is -0.223. The van der Waals surface area contributed by atoms with E-state index in [0.717, 1.165) is 24.8 Å². The molecule has 0 radical (unpaired) electrons. The molecular weight excluding hydrogens is 723 g/mol. The minimum atomic E-state index is -1.63. The molecule has 19 atom stereocenters. The number of hydrogen-bond acceptors (Lipinski definition) is 11. The molecule has 318 valence electrons. The van der Waals surface area contributed by atoms with E-state index < -0.39 is 70.3 Å². The van der Waals surface area contributed by atoms with Crippen LogP contribution in [-0.4, -0.2) is 97.5 Å². The number of hydrogen-bond donors (Lipinski definition) is 9. The van der Waals surface area contributed by atoms with Crippen LogP contribution in [0.15, 0.2) is 47.3 Å². The molecular formula is C46H71N3O8. The van der Waals surface area contributed by atoms with Crippen LogP contribution in [0.5, 0.6) is 0 Å². The number of allylic oxidation sites excluding steroid dienone is 5. The first-order valence-corrected chi connectivity index (χ1v) is 22.4. The zero-order chi connectivity index (χ0) is 40.8. The van der Waals surface area contributed by atoms with E-state index in [1.807, 2.05) is 19.2 Å². The van der Waals surface area contributed by atoms with Crippen LogP contribution in [0.25, 0.3) is 0 Å². The van der Waals surface area contributed by atoms with Crippen LogP contribution in [0, 0.1) is 64.1 Å². The Labute approximate surface area is 339 Å². The van der Waals surface area contributed by atoms with Gasteiger partial charge in [0.2, 0.25) is 0 Å². The third-order valence-corrected chi connectivity index (χ3v) is 17.3. The van der Waals surface area contributed by atoms with E-state index >= 15 is 4.79 Å². The minimum absolute atomic E-state index is 0.0566. The summed E-state index contributed by atoms with van der Waals surface area (Å²) in [6.07, 6.45) is 14.1. The fourth-order valence-corrected chi connectivity index (χ4v) is 14.7. The lowest BCUT2D eigenvalue weighted by Gasteiger charge is -2.69. The van der Waals surface area contributed by atoms with Crippen molar-refractivity contribution in [3.05, 3.63) is 47.3 Å². The van der Waals surface area contributed by atoms with E-state index in [2.05, 4.69) is 42.7 Å². The topological polar surface area (TPSA) is 198 Å². The highest BCUT2D eigenvalue weighted by atomic mass is 16.5. The van der Waals surface area contributed by atoms with Crippen molar-refractivity contribution in [3.8, 4) is 0 Å². The number of rotatable bonds is 12. The van der Waals surface area contributed by atoms with Crippen molar-refractivity contribution in [1.29, 1.82) is 0 Å². The smallest absolute Gasteiger partial charge is 0.182 e. The van der Waals surface area contributed by atoms with Crippen LogP contribution in [0.1, 0.15) is 105 Å². The Morgan fingerprint density at radius 3 is 2.56 bits per heavy atom. The van der Waals surface area contributed by atoms with Gasteiger partial charge in [-0.15, -0.1) is 0 Å². The zero-order valence-corrected chi connectivity index (χ0v) is 34.8. The summed E-state index contributed by atoms with van der Waals surface area (Å²) in [5.74, 6) is -2.14. The van der Waals surface area contributed by atoms with Gasteiger partial charge in [-0.3, -0.25) is 4.79 Å². The molecule has 10 N–H and O–H groups in total. The third kappa shape index (κ3) is 6.21. The van der Waals surface area contributed by atoms with Crippen molar-refractivity contribution in [2.75, 3.05) is 13.2 Å². The quantitative estimate of drug-likeness (QED) is 0.104. The maximum Gasteiger partial charge on any atom is 0.182 e. The molecule has 8 aliphatic rings. The van der Waals surface area contributed by atoms with Gasteiger partial charge in [-0.05, 0) is 123 Å². The molecule has 2 heterocycles. The normalized spacial score (nSPS) is 48.0. The highest BCUT2D eigenvalue weighted by Crippen LogP contribution is 2.75. The molecule has 11 nitrogen and oxygen atoms in total. The van der Waals surface area contributed by atoms with Gasteiger partial charge in [0.15, 0.2) is 5.78 Å². The first-order chi connectivity index (χ1) is 27.0. The highest BCUT2D eigenvalue weighted by molar-refractivity contribution is 6.00. The molecule has 1 unspecified atom stereocenters. The van der Waals surface area contributed by atoms with Gasteiger partial charge >= 0.3 is 0 Å². The monoisotopic (exact) mass is 794 g/mol. The Balaban J connectivity index is 1.24. The Hall–Kier alpha value is -2.09. The molecule has 0 aromatic carbocycles. The number of nitrogens with two attached hydrogens (primary N) is 1. The average Bonchev–Trinajstić information content (AvgIpc) is 3.63. The van der Waals surface area contributed by atoms with Gasteiger partial charge in [0, 0.05) is 30.0 Å². The SMILES string of the molecule is CCCCCC[C@@H]1CO[C@@H]([C@@H](O)[C@](C)(O)[C@H]2CC[C@@]3(O)C4=C(NC[C@H](C)O)C(=O)[C@@H]5[C@H]6CC[C@@H]7[C@@H](C8=CNC(N)C=C8)C=C[C@H](C[C@]23C)[C@@H]4[C@]75C[C@H](O)[C@@H]6O)[C@H]1C. The number of fused-ring (bicyclic) bond motifs is 2. The number of unbranched alkanes of at least 4 members (excludes halogenated alkanes) is 3. The second-order valence-electron chi connectivity index (χ2n) is 20.3.